The molecule has 2 aromatic rings. The zero-order chi connectivity index (χ0) is 14.6. The maximum absolute atomic E-state index is 12.6. The molecule has 0 aliphatic heterocycles. The minimum absolute atomic E-state index is 0.0702. The number of rotatable bonds is 0. The van der Waals surface area contributed by atoms with Crippen molar-refractivity contribution in [1.82, 2.24) is 0 Å². The van der Waals surface area contributed by atoms with Gasteiger partial charge < -0.3 is 0 Å². The van der Waals surface area contributed by atoms with Gasteiger partial charge in [-0.25, -0.2) is 0 Å². The lowest BCUT2D eigenvalue weighted by atomic mass is 10.0. The average Bonchev–Trinajstić information content (AvgIpc) is 2.41. The second-order valence-corrected chi connectivity index (χ2v) is 5.85. The third kappa shape index (κ3) is 1.80. The summed E-state index contributed by atoms with van der Waals surface area (Å²) in [6.45, 7) is 0. The highest BCUT2D eigenvalue weighted by Gasteiger charge is 2.36. The van der Waals surface area contributed by atoms with Crippen molar-refractivity contribution in [1.29, 1.82) is 0 Å². The van der Waals surface area contributed by atoms with E-state index in [1.54, 1.807) is 0 Å². The standard InChI is InChI=1S/C14H4Cl4O2/c15-5-1-2-6(16)10-9(5)13(19)11-7(17)3-4-8(18)12(11)14(10)20/h1-4H/i1+2,2+2,5+2,6+2,9+2,10+2. The molecule has 3 rings (SSSR count). The number of benzene rings is 2. The molecule has 0 heterocycles. The van der Waals surface area contributed by atoms with Crippen molar-refractivity contribution in [2.24, 2.45) is 0 Å². The Morgan fingerprint density at radius 2 is 1.15 bits per heavy atom. The molecule has 0 fully saturated rings. The fourth-order valence-electron chi connectivity index (χ4n) is 2.24. The van der Waals surface area contributed by atoms with Gasteiger partial charge in [-0.2, -0.15) is 0 Å². The van der Waals surface area contributed by atoms with Crippen LogP contribution in [0.4, 0.5) is 0 Å². The Morgan fingerprint density at radius 3 is 1.50 bits per heavy atom. The van der Waals surface area contributed by atoms with E-state index < -0.39 is 11.6 Å². The van der Waals surface area contributed by atoms with Gasteiger partial charge >= 0.3 is 0 Å². The van der Waals surface area contributed by atoms with Crippen LogP contribution < -0.4 is 0 Å². The van der Waals surface area contributed by atoms with Gasteiger partial charge in [0.05, 0.1) is 42.3 Å². The van der Waals surface area contributed by atoms with Crippen LogP contribution in [0.5, 0.6) is 0 Å². The van der Waals surface area contributed by atoms with Crippen LogP contribution in [0.3, 0.4) is 0 Å². The fraction of sp³-hybridized carbons (Fsp3) is 0. The summed E-state index contributed by atoms with van der Waals surface area (Å²) in [7, 11) is 0. The highest BCUT2D eigenvalue weighted by atomic mass is 35.5. The van der Waals surface area contributed by atoms with E-state index in [1.165, 1.54) is 24.3 Å². The zero-order valence-electron chi connectivity index (χ0n) is 9.64. The largest absolute Gasteiger partial charge is 0.288 e. The van der Waals surface area contributed by atoms with Crippen LogP contribution in [-0.2, 0) is 0 Å². The van der Waals surface area contributed by atoms with Crippen molar-refractivity contribution in [3.63, 3.8) is 0 Å². The molecule has 2 aromatic carbocycles. The lowest BCUT2D eigenvalue weighted by molar-refractivity contribution is 0.0979. The van der Waals surface area contributed by atoms with Gasteiger partial charge in [0.25, 0.3) is 0 Å². The lowest BCUT2D eigenvalue weighted by Gasteiger charge is -2.21. The molecule has 0 aromatic heterocycles. The minimum Gasteiger partial charge on any atom is -0.288 e. The molecule has 0 amide bonds. The van der Waals surface area contributed by atoms with Crippen molar-refractivity contribution >= 4 is 58.0 Å². The van der Waals surface area contributed by atoms with Crippen molar-refractivity contribution in [3.05, 3.63) is 66.6 Å². The summed E-state index contributed by atoms with van der Waals surface area (Å²) in [5.41, 5.74) is 0.281. The van der Waals surface area contributed by atoms with E-state index in [2.05, 4.69) is 0 Å². The first kappa shape index (κ1) is 13.9. The van der Waals surface area contributed by atoms with E-state index in [0.717, 1.165) is 0 Å². The van der Waals surface area contributed by atoms with E-state index in [0.29, 0.717) is 0 Å². The van der Waals surface area contributed by atoms with E-state index in [9.17, 15) is 9.59 Å². The van der Waals surface area contributed by atoms with E-state index in [-0.39, 0.29) is 42.3 Å². The highest BCUT2D eigenvalue weighted by molar-refractivity contribution is 6.48. The van der Waals surface area contributed by atoms with Crippen LogP contribution in [0, 0.1) is 0 Å². The summed E-state index contributed by atoms with van der Waals surface area (Å²) in [6.07, 6.45) is 0. The number of hydrogen-bond donors (Lipinski definition) is 0. The van der Waals surface area contributed by atoms with E-state index >= 15 is 0 Å². The van der Waals surface area contributed by atoms with Gasteiger partial charge in [0.15, 0.2) is 11.6 Å². The normalized spacial score (nSPS) is 13.2. The lowest BCUT2D eigenvalue weighted by Crippen LogP contribution is -2.22. The molecular formula is C14H4Cl4O2. The quantitative estimate of drug-likeness (QED) is 0.562. The number of carbonyl (C=O) groups is 2. The molecule has 6 heteroatoms. The number of carbonyl (C=O) groups excluding carboxylic acids is 2. The Bertz CT molecular complexity index is 667. The fourth-order valence-corrected chi connectivity index (χ4v) is 3.21. The molecule has 0 atom stereocenters. The molecule has 100 valence electrons. The van der Waals surface area contributed by atoms with Crippen molar-refractivity contribution in [2.75, 3.05) is 0 Å². The second kappa shape index (κ2) is 4.74. The summed E-state index contributed by atoms with van der Waals surface area (Å²) in [4.78, 5) is 25.1. The second-order valence-electron chi connectivity index (χ2n) is 4.22. The molecule has 0 N–H and O–H groups in total. The van der Waals surface area contributed by atoms with Gasteiger partial charge in [-0.05, 0) is 24.3 Å². The van der Waals surface area contributed by atoms with Gasteiger partial charge in [0.1, 0.15) is 0 Å². The summed E-state index contributed by atoms with van der Waals surface area (Å²) in [6, 6.07) is 5.88. The zero-order valence-corrected chi connectivity index (χ0v) is 12.7. The number of hydrogen-bond acceptors (Lipinski definition) is 2. The van der Waals surface area contributed by atoms with Crippen LogP contribution in [0.1, 0.15) is 31.8 Å². The average molecular weight is 358 g/mol. The van der Waals surface area contributed by atoms with Crippen LogP contribution in [-0.4, -0.2) is 11.6 Å². The van der Waals surface area contributed by atoms with Crippen LogP contribution in [0.25, 0.3) is 0 Å². The smallest absolute Gasteiger partial charge is 0.197 e. The topological polar surface area (TPSA) is 34.1 Å². The maximum Gasteiger partial charge on any atom is 0.197 e. The first-order valence-electron chi connectivity index (χ1n) is 5.49. The Hall–Kier alpha value is -1.06. The van der Waals surface area contributed by atoms with Crippen LogP contribution in [0.15, 0.2) is 24.3 Å². The molecule has 2 nitrogen and oxygen atoms in total. The van der Waals surface area contributed by atoms with Gasteiger partial charge in [0.2, 0.25) is 0 Å². The Labute approximate surface area is 134 Å². The third-order valence-corrected chi connectivity index (χ3v) is 4.38. The molecular weight excluding hydrogens is 354 g/mol. The summed E-state index contributed by atoms with van der Waals surface area (Å²) >= 11 is 24.1. The SMILES string of the molecule is O=C1c2c(Cl)ccc(Cl)c2C(=O)[14c]2[14c](Cl)[14cH][14cH][14c](Cl)[14c]21. The van der Waals surface area contributed by atoms with E-state index in [4.69, 9.17) is 46.4 Å². The monoisotopic (exact) mass is 356 g/mol. The van der Waals surface area contributed by atoms with Crippen LogP contribution >= 0.6 is 46.4 Å². The Balaban J connectivity index is 2.46. The molecule has 1 aliphatic rings. The maximum atomic E-state index is 12.6. The number of ketones is 2. The summed E-state index contributed by atoms with van der Waals surface area (Å²) in [5, 5.41) is 0.628. The van der Waals surface area contributed by atoms with Gasteiger partial charge in [-0.15, -0.1) is 0 Å². The number of halogens is 4. The van der Waals surface area contributed by atoms with Gasteiger partial charge in [-0.1, -0.05) is 46.4 Å². The van der Waals surface area contributed by atoms with Gasteiger partial charge in [-0.3, -0.25) is 9.59 Å². The summed E-state index contributed by atoms with van der Waals surface area (Å²) in [5.74, 6) is -0.899. The van der Waals surface area contributed by atoms with Crippen molar-refractivity contribution < 1.29 is 9.59 Å². The predicted molar refractivity (Wildman–Crippen MR) is 79.8 cm³/mol. The Kier molecular flexibility index (Phi) is 3.30. The highest BCUT2D eigenvalue weighted by Crippen LogP contribution is 2.40. The minimum atomic E-state index is -0.449. The number of fused-ring (bicyclic) bond motifs is 2. The third-order valence-electron chi connectivity index (χ3n) is 3.12. The molecule has 0 saturated heterocycles. The molecule has 0 spiro atoms. The van der Waals surface area contributed by atoms with Crippen molar-refractivity contribution in [2.45, 2.75) is 0 Å². The first-order valence-corrected chi connectivity index (χ1v) is 7.00. The molecule has 1 aliphatic carbocycles. The molecule has 0 radical (unpaired) electrons. The summed E-state index contributed by atoms with van der Waals surface area (Å²) < 4.78 is 0. The Morgan fingerprint density at radius 1 is 0.800 bits per heavy atom. The van der Waals surface area contributed by atoms with E-state index in [1.807, 2.05) is 0 Å². The van der Waals surface area contributed by atoms with Gasteiger partial charge in [0, 0.05) is 0 Å². The van der Waals surface area contributed by atoms with Crippen LogP contribution in [0.2, 0.25) is 20.1 Å². The van der Waals surface area contributed by atoms with Crippen molar-refractivity contribution in [3.8, 4) is 0 Å². The molecule has 0 saturated carbocycles. The predicted octanol–water partition coefficient (Wildman–Crippen LogP) is 5.08. The molecule has 20 heavy (non-hydrogen) atoms. The molecule has 0 bridgehead atoms. The molecule has 0 unspecified atom stereocenters. The first-order chi connectivity index (χ1) is 9.43.